The molecule has 1 unspecified atom stereocenters. The molecule has 3 N–H and O–H groups in total. The van der Waals surface area contributed by atoms with Crippen LogP contribution in [0.1, 0.15) is 18.1 Å². The second kappa shape index (κ2) is 5.44. The smallest absolute Gasteiger partial charge is 0.258 e. The highest BCUT2D eigenvalue weighted by Crippen LogP contribution is 2.29. The van der Waals surface area contributed by atoms with Crippen LogP contribution in [0.3, 0.4) is 0 Å². The third-order valence-corrected chi connectivity index (χ3v) is 4.64. The van der Waals surface area contributed by atoms with Gasteiger partial charge in [0.2, 0.25) is 0 Å². The van der Waals surface area contributed by atoms with E-state index in [4.69, 9.17) is 10.5 Å². The first-order chi connectivity index (χ1) is 10.1. The molecule has 0 radical (unpaired) electrons. The molecule has 1 atom stereocenters. The lowest BCUT2D eigenvalue weighted by atomic mass is 10.0. The Labute approximate surface area is 125 Å². The average Bonchev–Trinajstić information content (AvgIpc) is 2.48. The number of pyridine rings is 1. The number of primary amides is 1. The summed E-state index contributed by atoms with van der Waals surface area (Å²) >= 11 is 1.77. The van der Waals surface area contributed by atoms with Gasteiger partial charge in [0.25, 0.3) is 11.5 Å². The highest BCUT2D eigenvalue weighted by Gasteiger charge is 2.18. The van der Waals surface area contributed by atoms with Crippen molar-refractivity contribution in [2.24, 2.45) is 5.73 Å². The quantitative estimate of drug-likeness (QED) is 0.901. The van der Waals surface area contributed by atoms with Crippen molar-refractivity contribution in [1.29, 1.82) is 0 Å². The SMILES string of the molecule is CC(Oc1ccc2[nH]c(=O)c3c(c2c1)CCSC3)C(N)=O. The molecule has 0 aliphatic carbocycles. The summed E-state index contributed by atoms with van der Waals surface area (Å²) in [7, 11) is 0. The monoisotopic (exact) mass is 304 g/mol. The molecule has 1 aromatic carbocycles. The minimum Gasteiger partial charge on any atom is -0.481 e. The van der Waals surface area contributed by atoms with Crippen molar-refractivity contribution in [2.45, 2.75) is 25.2 Å². The van der Waals surface area contributed by atoms with Crippen LogP contribution in [0.25, 0.3) is 10.9 Å². The third-order valence-electron chi connectivity index (χ3n) is 3.66. The Hall–Kier alpha value is -1.95. The first-order valence-electron chi connectivity index (χ1n) is 6.78. The summed E-state index contributed by atoms with van der Waals surface area (Å²) in [4.78, 5) is 26.1. The van der Waals surface area contributed by atoms with Crippen LogP contribution in [0.4, 0.5) is 0 Å². The zero-order valence-electron chi connectivity index (χ0n) is 11.6. The number of H-pyrrole nitrogens is 1. The largest absolute Gasteiger partial charge is 0.481 e. The van der Waals surface area contributed by atoms with Gasteiger partial charge in [-0.25, -0.2) is 0 Å². The number of rotatable bonds is 3. The summed E-state index contributed by atoms with van der Waals surface area (Å²) in [5, 5.41) is 0.985. The van der Waals surface area contributed by atoms with Gasteiger partial charge in [0.15, 0.2) is 6.10 Å². The van der Waals surface area contributed by atoms with Gasteiger partial charge in [-0.1, -0.05) is 0 Å². The molecule has 1 aliphatic heterocycles. The minimum atomic E-state index is -0.684. The number of fused-ring (bicyclic) bond motifs is 3. The standard InChI is InChI=1S/C15H16N2O3S/c1-8(14(16)18)20-9-2-3-13-11(6-9)10-4-5-21-7-12(10)15(19)17-13/h2-3,6,8H,4-5,7H2,1H3,(H2,16,18)(H,17,19). The first kappa shape index (κ1) is 14.0. The molecule has 110 valence electrons. The summed E-state index contributed by atoms with van der Waals surface area (Å²) < 4.78 is 5.53. The van der Waals surface area contributed by atoms with Crippen LogP contribution in [0.5, 0.6) is 5.75 Å². The van der Waals surface area contributed by atoms with Crippen molar-refractivity contribution >= 4 is 28.6 Å². The maximum absolute atomic E-state index is 12.1. The molecule has 5 nitrogen and oxygen atoms in total. The highest BCUT2D eigenvalue weighted by molar-refractivity contribution is 7.98. The van der Waals surface area contributed by atoms with E-state index >= 15 is 0 Å². The first-order valence-corrected chi connectivity index (χ1v) is 7.93. The fourth-order valence-corrected chi connectivity index (χ4v) is 3.50. The maximum Gasteiger partial charge on any atom is 0.258 e. The van der Waals surface area contributed by atoms with E-state index in [1.807, 2.05) is 12.1 Å². The van der Waals surface area contributed by atoms with Crippen LogP contribution in [0, 0.1) is 0 Å². The zero-order chi connectivity index (χ0) is 15.0. The van der Waals surface area contributed by atoms with E-state index in [9.17, 15) is 9.59 Å². The van der Waals surface area contributed by atoms with Crippen LogP contribution in [-0.2, 0) is 17.0 Å². The molecule has 0 bridgehead atoms. The molecule has 1 aliphatic rings. The molecule has 3 rings (SSSR count). The Bertz CT molecular complexity index is 769. The number of carbonyl (C=O) groups excluding carboxylic acids is 1. The van der Waals surface area contributed by atoms with Gasteiger partial charge < -0.3 is 15.5 Å². The third kappa shape index (κ3) is 2.63. The summed E-state index contributed by atoms with van der Waals surface area (Å²) in [6.45, 7) is 1.62. The van der Waals surface area contributed by atoms with Crippen LogP contribution < -0.4 is 16.0 Å². The Morgan fingerprint density at radius 3 is 3.00 bits per heavy atom. The van der Waals surface area contributed by atoms with E-state index in [1.165, 1.54) is 0 Å². The van der Waals surface area contributed by atoms with Crippen LogP contribution in [-0.4, -0.2) is 22.7 Å². The van der Waals surface area contributed by atoms with Crippen molar-refractivity contribution in [1.82, 2.24) is 4.98 Å². The fourth-order valence-electron chi connectivity index (χ4n) is 2.50. The van der Waals surface area contributed by atoms with Gasteiger partial charge in [-0.15, -0.1) is 0 Å². The number of hydrogen-bond acceptors (Lipinski definition) is 4. The molecule has 1 aromatic heterocycles. The average molecular weight is 304 g/mol. The van der Waals surface area contributed by atoms with Crippen LogP contribution in [0.15, 0.2) is 23.0 Å². The lowest BCUT2D eigenvalue weighted by Gasteiger charge is -2.18. The number of carbonyl (C=O) groups is 1. The van der Waals surface area contributed by atoms with E-state index in [-0.39, 0.29) is 5.56 Å². The fraction of sp³-hybridized carbons (Fsp3) is 0.333. The van der Waals surface area contributed by atoms with Crippen LogP contribution >= 0.6 is 11.8 Å². The summed E-state index contributed by atoms with van der Waals surface area (Å²) in [6.07, 6.45) is 0.187. The van der Waals surface area contributed by atoms with Crippen LogP contribution in [0.2, 0.25) is 0 Å². The van der Waals surface area contributed by atoms with Gasteiger partial charge in [-0.2, -0.15) is 11.8 Å². The molecule has 0 saturated carbocycles. The summed E-state index contributed by atoms with van der Waals surface area (Å²) in [6, 6.07) is 5.42. The molecule has 2 heterocycles. The lowest BCUT2D eigenvalue weighted by molar-refractivity contribution is -0.123. The van der Waals surface area contributed by atoms with E-state index < -0.39 is 12.0 Å². The predicted molar refractivity (Wildman–Crippen MR) is 83.7 cm³/mol. The Morgan fingerprint density at radius 2 is 2.24 bits per heavy atom. The number of nitrogens with two attached hydrogens (primary N) is 1. The molecule has 1 amide bonds. The maximum atomic E-state index is 12.1. The van der Waals surface area contributed by atoms with Gasteiger partial charge in [-0.05, 0) is 42.9 Å². The second-order valence-corrected chi connectivity index (χ2v) is 6.19. The Kier molecular flexibility index (Phi) is 3.63. The molecule has 0 spiro atoms. The van der Waals surface area contributed by atoms with Gasteiger partial charge in [-0.3, -0.25) is 9.59 Å². The van der Waals surface area contributed by atoms with E-state index in [2.05, 4.69) is 4.98 Å². The van der Waals surface area contributed by atoms with Crippen molar-refractivity contribution in [3.05, 3.63) is 39.7 Å². The van der Waals surface area contributed by atoms with Gasteiger partial charge >= 0.3 is 0 Å². The van der Waals surface area contributed by atoms with E-state index in [0.29, 0.717) is 5.75 Å². The van der Waals surface area contributed by atoms with E-state index in [0.717, 1.165) is 40.0 Å². The zero-order valence-corrected chi connectivity index (χ0v) is 12.5. The normalized spacial score (nSPS) is 15.5. The minimum absolute atomic E-state index is 0.0103. The number of amides is 1. The van der Waals surface area contributed by atoms with E-state index in [1.54, 1.807) is 24.8 Å². The molecular weight excluding hydrogens is 288 g/mol. The number of aromatic amines is 1. The summed E-state index contributed by atoms with van der Waals surface area (Å²) in [5.41, 5.74) is 7.93. The van der Waals surface area contributed by atoms with Crippen molar-refractivity contribution in [3.8, 4) is 5.75 Å². The number of aromatic nitrogens is 1. The molecule has 0 fully saturated rings. The predicted octanol–water partition coefficient (Wildman–Crippen LogP) is 1.57. The topological polar surface area (TPSA) is 85.2 Å². The Morgan fingerprint density at radius 1 is 1.43 bits per heavy atom. The summed E-state index contributed by atoms with van der Waals surface area (Å²) in [5.74, 6) is 1.83. The highest BCUT2D eigenvalue weighted by atomic mass is 32.2. The number of aryl methyl sites for hydroxylation is 1. The number of ether oxygens (including phenoxy) is 1. The van der Waals surface area contributed by atoms with Crippen molar-refractivity contribution in [2.75, 3.05) is 5.75 Å². The van der Waals surface area contributed by atoms with Gasteiger partial charge in [0, 0.05) is 22.2 Å². The van der Waals surface area contributed by atoms with Crippen molar-refractivity contribution in [3.63, 3.8) is 0 Å². The number of benzene rings is 1. The molecule has 21 heavy (non-hydrogen) atoms. The number of thioether (sulfide) groups is 1. The Balaban J connectivity index is 2.10. The molecule has 2 aromatic rings. The molecular formula is C15H16N2O3S. The van der Waals surface area contributed by atoms with Gasteiger partial charge in [0.1, 0.15) is 5.75 Å². The number of hydrogen-bond donors (Lipinski definition) is 2. The van der Waals surface area contributed by atoms with Crippen molar-refractivity contribution < 1.29 is 9.53 Å². The number of nitrogens with one attached hydrogen (secondary N) is 1. The molecule has 6 heteroatoms. The van der Waals surface area contributed by atoms with Gasteiger partial charge in [0.05, 0.1) is 0 Å². The molecule has 0 saturated heterocycles. The second-order valence-electron chi connectivity index (χ2n) is 5.08. The lowest BCUT2D eigenvalue weighted by Crippen LogP contribution is -2.30.